The summed E-state index contributed by atoms with van der Waals surface area (Å²) in [7, 11) is 0. The SMILES string of the molecule is c1ccc(-c2ccc(-c3ccc4c(c3)Oc3cccc5c3B4c3cccc4c(-c6ccccc6)c(-c6ccccc6)n-5c34)cc2)cc1. The molecular formula is C44H28BNO. The third kappa shape index (κ3) is 3.93. The molecule has 0 amide bonds. The number of fused-ring (bicyclic) bond motifs is 4. The molecule has 2 nitrogen and oxygen atoms in total. The van der Waals surface area contributed by atoms with Crippen LogP contribution in [0, 0.1) is 0 Å². The summed E-state index contributed by atoms with van der Waals surface area (Å²) in [5.74, 6) is 1.85. The molecule has 0 aliphatic carbocycles. The number of para-hydroxylation sites is 1. The molecule has 0 atom stereocenters. The Bertz CT molecular complexity index is 2460. The van der Waals surface area contributed by atoms with Crippen molar-refractivity contribution in [3.8, 4) is 61.8 Å². The fourth-order valence-corrected chi connectivity index (χ4v) is 7.83. The molecule has 0 radical (unpaired) electrons. The summed E-state index contributed by atoms with van der Waals surface area (Å²) < 4.78 is 9.31. The van der Waals surface area contributed by atoms with Crippen LogP contribution >= 0.6 is 0 Å². The highest BCUT2D eigenvalue weighted by atomic mass is 16.5. The number of ether oxygens (including phenoxy) is 1. The lowest BCUT2D eigenvalue weighted by Gasteiger charge is -2.33. The van der Waals surface area contributed by atoms with Crippen LogP contribution in [0.2, 0.25) is 0 Å². The third-order valence-electron chi connectivity index (χ3n) is 9.88. The average molecular weight is 598 g/mol. The van der Waals surface area contributed by atoms with Crippen molar-refractivity contribution in [1.82, 2.24) is 4.57 Å². The first kappa shape index (κ1) is 26.2. The van der Waals surface area contributed by atoms with Gasteiger partial charge in [-0.05, 0) is 68.0 Å². The van der Waals surface area contributed by atoms with E-state index in [1.165, 1.54) is 72.1 Å². The second-order valence-corrected chi connectivity index (χ2v) is 12.5. The molecule has 10 rings (SSSR count). The van der Waals surface area contributed by atoms with Crippen molar-refractivity contribution >= 4 is 34.0 Å². The Hall–Kier alpha value is -6.06. The Morgan fingerprint density at radius 2 is 1.02 bits per heavy atom. The maximum absolute atomic E-state index is 6.81. The van der Waals surface area contributed by atoms with Gasteiger partial charge in [-0.2, -0.15) is 0 Å². The molecule has 3 heterocycles. The number of hydrogen-bond acceptors (Lipinski definition) is 1. The monoisotopic (exact) mass is 597 g/mol. The van der Waals surface area contributed by atoms with Crippen molar-refractivity contribution in [2.45, 2.75) is 0 Å². The van der Waals surface area contributed by atoms with Crippen LogP contribution < -0.4 is 21.1 Å². The molecule has 3 heteroatoms. The van der Waals surface area contributed by atoms with Crippen molar-refractivity contribution in [1.29, 1.82) is 0 Å². The highest BCUT2D eigenvalue weighted by Crippen LogP contribution is 2.44. The van der Waals surface area contributed by atoms with Gasteiger partial charge in [0.2, 0.25) is 0 Å². The van der Waals surface area contributed by atoms with Gasteiger partial charge in [0.1, 0.15) is 11.5 Å². The molecule has 0 bridgehead atoms. The normalized spacial score (nSPS) is 12.4. The van der Waals surface area contributed by atoms with E-state index >= 15 is 0 Å². The quantitative estimate of drug-likeness (QED) is 0.185. The van der Waals surface area contributed by atoms with Crippen molar-refractivity contribution in [3.63, 3.8) is 0 Å². The zero-order chi connectivity index (χ0) is 30.9. The second kappa shape index (κ2) is 10.2. The van der Waals surface area contributed by atoms with Crippen molar-refractivity contribution in [3.05, 3.63) is 170 Å². The Morgan fingerprint density at radius 3 is 1.74 bits per heavy atom. The number of rotatable bonds is 4. The van der Waals surface area contributed by atoms with E-state index < -0.39 is 0 Å². The van der Waals surface area contributed by atoms with E-state index in [4.69, 9.17) is 4.74 Å². The summed E-state index contributed by atoms with van der Waals surface area (Å²) in [5.41, 5.74) is 15.9. The molecule has 47 heavy (non-hydrogen) atoms. The van der Waals surface area contributed by atoms with E-state index in [1.807, 2.05) is 0 Å². The van der Waals surface area contributed by atoms with E-state index in [-0.39, 0.29) is 6.71 Å². The number of nitrogens with zero attached hydrogens (tertiary/aromatic N) is 1. The molecule has 1 aromatic heterocycles. The van der Waals surface area contributed by atoms with Gasteiger partial charge in [-0.1, -0.05) is 152 Å². The van der Waals surface area contributed by atoms with E-state index in [9.17, 15) is 0 Å². The van der Waals surface area contributed by atoms with E-state index in [1.54, 1.807) is 0 Å². The number of benzene rings is 7. The zero-order valence-electron chi connectivity index (χ0n) is 25.6. The van der Waals surface area contributed by atoms with Crippen LogP contribution in [0.15, 0.2) is 170 Å². The molecule has 8 aromatic rings. The van der Waals surface area contributed by atoms with Crippen LogP contribution in [0.25, 0.3) is 61.2 Å². The fraction of sp³-hybridized carbons (Fsp3) is 0. The minimum absolute atomic E-state index is 0.0674. The van der Waals surface area contributed by atoms with E-state index in [2.05, 4.69) is 174 Å². The first-order valence-corrected chi connectivity index (χ1v) is 16.2. The second-order valence-electron chi connectivity index (χ2n) is 12.5. The van der Waals surface area contributed by atoms with Gasteiger partial charge in [-0.15, -0.1) is 0 Å². The molecule has 0 unspecified atom stereocenters. The summed E-state index contributed by atoms with van der Waals surface area (Å²) >= 11 is 0. The van der Waals surface area contributed by atoms with Crippen LogP contribution in [0.3, 0.4) is 0 Å². The van der Waals surface area contributed by atoms with Gasteiger partial charge >= 0.3 is 0 Å². The standard InChI is InChI=1S/C44H28BNO/c1-4-12-29(13-5-1)30-22-24-31(25-23-30)34-26-27-36-40(28-34)47-39-21-11-20-38-42(39)45(36)37-19-10-18-35-41(32-14-6-2-7-15-32)43(46(38)44(35)37)33-16-8-3-9-17-33/h1-28H. The Labute approximate surface area is 274 Å². The topological polar surface area (TPSA) is 14.2 Å². The highest BCUT2D eigenvalue weighted by molar-refractivity contribution is 6.99. The Morgan fingerprint density at radius 1 is 0.426 bits per heavy atom. The van der Waals surface area contributed by atoms with Gasteiger partial charge in [0.05, 0.1) is 5.69 Å². The van der Waals surface area contributed by atoms with Gasteiger partial charge < -0.3 is 9.30 Å². The van der Waals surface area contributed by atoms with Crippen LogP contribution in [0.4, 0.5) is 0 Å². The largest absolute Gasteiger partial charge is 0.458 e. The summed E-state index contributed by atoms with van der Waals surface area (Å²) in [5, 5.41) is 1.27. The van der Waals surface area contributed by atoms with Crippen LogP contribution in [0.5, 0.6) is 11.5 Å². The first-order chi connectivity index (χ1) is 23.3. The Kier molecular flexibility index (Phi) is 5.70. The smallest absolute Gasteiger partial charge is 0.256 e. The predicted molar refractivity (Wildman–Crippen MR) is 196 cm³/mol. The summed E-state index contributed by atoms with van der Waals surface area (Å²) in [6.45, 7) is 0.0674. The van der Waals surface area contributed by atoms with Gasteiger partial charge in [0, 0.05) is 22.2 Å². The van der Waals surface area contributed by atoms with Crippen LogP contribution in [-0.2, 0) is 0 Å². The van der Waals surface area contributed by atoms with Gasteiger partial charge in [0.15, 0.2) is 0 Å². The molecule has 7 aromatic carbocycles. The molecule has 0 saturated heterocycles. The van der Waals surface area contributed by atoms with E-state index in [0.717, 1.165) is 17.1 Å². The summed E-state index contributed by atoms with van der Waals surface area (Å²) in [6.07, 6.45) is 0. The lowest BCUT2D eigenvalue weighted by Crippen LogP contribution is -2.58. The fourth-order valence-electron chi connectivity index (χ4n) is 7.83. The molecule has 218 valence electrons. The van der Waals surface area contributed by atoms with Crippen molar-refractivity contribution in [2.75, 3.05) is 0 Å². The predicted octanol–water partition coefficient (Wildman–Crippen LogP) is 9.23. The minimum Gasteiger partial charge on any atom is -0.458 e. The highest BCUT2D eigenvalue weighted by Gasteiger charge is 2.41. The molecule has 0 N–H and O–H groups in total. The third-order valence-corrected chi connectivity index (χ3v) is 9.88. The maximum Gasteiger partial charge on any atom is 0.256 e. The van der Waals surface area contributed by atoms with Crippen LogP contribution in [-0.4, -0.2) is 11.3 Å². The van der Waals surface area contributed by atoms with Crippen molar-refractivity contribution in [2.24, 2.45) is 0 Å². The van der Waals surface area contributed by atoms with Gasteiger partial charge in [-0.3, -0.25) is 0 Å². The van der Waals surface area contributed by atoms with Crippen LogP contribution in [0.1, 0.15) is 0 Å². The average Bonchev–Trinajstić information content (AvgIpc) is 3.50. The first-order valence-electron chi connectivity index (χ1n) is 16.2. The van der Waals surface area contributed by atoms with E-state index in [0.29, 0.717) is 0 Å². The lowest BCUT2D eigenvalue weighted by atomic mass is 9.34. The molecule has 0 spiro atoms. The molecule has 2 aliphatic rings. The Balaban J connectivity index is 1.18. The summed E-state index contributed by atoms with van der Waals surface area (Å²) in [6, 6.07) is 61.1. The maximum atomic E-state index is 6.81. The molecular weight excluding hydrogens is 569 g/mol. The zero-order valence-corrected chi connectivity index (χ0v) is 25.6. The van der Waals surface area contributed by atoms with Crippen molar-refractivity contribution < 1.29 is 4.74 Å². The molecule has 0 saturated carbocycles. The summed E-state index contributed by atoms with van der Waals surface area (Å²) in [4.78, 5) is 0. The van der Waals surface area contributed by atoms with Gasteiger partial charge in [0.25, 0.3) is 6.71 Å². The number of aromatic nitrogens is 1. The minimum atomic E-state index is 0.0674. The van der Waals surface area contributed by atoms with Gasteiger partial charge in [-0.25, -0.2) is 0 Å². The number of hydrogen-bond donors (Lipinski definition) is 0. The molecule has 0 fully saturated rings. The molecule has 2 aliphatic heterocycles. The lowest BCUT2D eigenvalue weighted by molar-refractivity contribution is 0.487.